The van der Waals surface area contributed by atoms with Gasteiger partial charge in [-0.2, -0.15) is 4.31 Å². The second-order valence-electron chi connectivity index (χ2n) is 4.62. The third-order valence-corrected chi connectivity index (χ3v) is 5.08. The fraction of sp³-hybridized carbons (Fsp3) is 0.909. The molecule has 0 bridgehead atoms. The van der Waals surface area contributed by atoms with Crippen LogP contribution < -0.4 is 5.73 Å². The molecule has 0 unspecified atom stereocenters. The van der Waals surface area contributed by atoms with E-state index in [2.05, 4.69) is 4.74 Å². The number of ether oxygens (including phenoxy) is 1. The van der Waals surface area contributed by atoms with Crippen molar-refractivity contribution in [3.05, 3.63) is 0 Å². The number of rotatable bonds is 5. The smallest absolute Gasteiger partial charge is 0.324 e. The number of esters is 1. The van der Waals surface area contributed by atoms with Crippen LogP contribution in [-0.2, 0) is 19.6 Å². The molecule has 0 spiro atoms. The Morgan fingerprint density at radius 2 is 2.05 bits per heavy atom. The van der Waals surface area contributed by atoms with E-state index in [1.807, 2.05) is 6.92 Å². The number of halogens is 1. The first-order chi connectivity index (χ1) is 8.42. The van der Waals surface area contributed by atoms with Crippen LogP contribution >= 0.6 is 12.4 Å². The van der Waals surface area contributed by atoms with Gasteiger partial charge in [-0.1, -0.05) is 13.3 Å². The number of nitrogens with zero attached hydrogens (tertiary/aromatic N) is 1. The highest BCUT2D eigenvalue weighted by Gasteiger charge is 2.39. The molecule has 19 heavy (non-hydrogen) atoms. The Morgan fingerprint density at radius 3 is 2.58 bits per heavy atom. The molecule has 0 radical (unpaired) electrons. The normalized spacial score (nSPS) is 24.6. The lowest BCUT2D eigenvalue weighted by atomic mass is 10.0. The molecule has 1 aliphatic heterocycles. The molecule has 0 aromatic carbocycles. The molecule has 0 aliphatic carbocycles. The summed E-state index contributed by atoms with van der Waals surface area (Å²) in [5, 5.41) is 0. The lowest BCUT2D eigenvalue weighted by Crippen LogP contribution is -2.55. The number of methoxy groups -OCH3 is 1. The van der Waals surface area contributed by atoms with Gasteiger partial charge >= 0.3 is 5.97 Å². The molecule has 1 rings (SSSR count). The van der Waals surface area contributed by atoms with Crippen molar-refractivity contribution in [1.29, 1.82) is 0 Å². The van der Waals surface area contributed by atoms with Crippen LogP contribution in [0.25, 0.3) is 0 Å². The van der Waals surface area contributed by atoms with Gasteiger partial charge in [-0.25, -0.2) is 8.42 Å². The van der Waals surface area contributed by atoms with E-state index in [0.29, 0.717) is 19.3 Å². The summed E-state index contributed by atoms with van der Waals surface area (Å²) in [6, 6.07) is -0.918. The Kier molecular flexibility index (Phi) is 7.88. The van der Waals surface area contributed by atoms with Crippen LogP contribution in [-0.4, -0.2) is 50.2 Å². The molecular formula is C11H23ClN2O4S. The van der Waals surface area contributed by atoms with Gasteiger partial charge in [0.1, 0.15) is 6.04 Å². The number of carbonyl (C=O) groups is 1. The maximum Gasteiger partial charge on any atom is 0.324 e. The van der Waals surface area contributed by atoms with Crippen molar-refractivity contribution in [1.82, 2.24) is 4.31 Å². The molecule has 8 heteroatoms. The average molecular weight is 315 g/mol. The first-order valence-electron chi connectivity index (χ1n) is 6.25. The van der Waals surface area contributed by atoms with Crippen molar-refractivity contribution in [3.8, 4) is 0 Å². The van der Waals surface area contributed by atoms with Crippen molar-refractivity contribution in [3.63, 3.8) is 0 Å². The summed E-state index contributed by atoms with van der Waals surface area (Å²) >= 11 is 0. The molecule has 2 atom stereocenters. The molecular weight excluding hydrogens is 292 g/mol. The predicted octanol–water partition coefficient (Wildman–Crippen LogP) is 0.503. The monoisotopic (exact) mass is 314 g/mol. The van der Waals surface area contributed by atoms with Gasteiger partial charge in [0.15, 0.2) is 0 Å². The van der Waals surface area contributed by atoms with Crippen LogP contribution in [0, 0.1) is 0 Å². The summed E-state index contributed by atoms with van der Waals surface area (Å²) in [6.07, 6.45) is 2.45. The first kappa shape index (κ1) is 18.6. The summed E-state index contributed by atoms with van der Waals surface area (Å²) in [5.74, 6) is -0.439. The lowest BCUT2D eigenvalue weighted by molar-refractivity contribution is -0.146. The number of hydrogen-bond donors (Lipinski definition) is 1. The van der Waals surface area contributed by atoms with E-state index in [1.54, 1.807) is 0 Å². The second-order valence-corrected chi connectivity index (χ2v) is 6.66. The van der Waals surface area contributed by atoms with Gasteiger partial charge < -0.3 is 10.5 Å². The van der Waals surface area contributed by atoms with Crippen LogP contribution in [0.4, 0.5) is 0 Å². The standard InChI is InChI=1S/C11H22N2O4S.ClH/c1-3-4-7-18(15,16)13-8-9(12)5-6-10(13)11(14)17-2;/h9-10H,3-8,12H2,1-2H3;1H/t9-,10-;/m0./s1. The molecule has 1 aliphatic rings. The fourth-order valence-electron chi connectivity index (χ4n) is 2.09. The lowest BCUT2D eigenvalue weighted by Gasteiger charge is -2.35. The molecule has 1 saturated heterocycles. The Balaban J connectivity index is 0.00000324. The predicted molar refractivity (Wildman–Crippen MR) is 75.7 cm³/mol. The van der Waals surface area contributed by atoms with Crippen molar-refractivity contribution in [2.24, 2.45) is 5.73 Å². The highest BCUT2D eigenvalue weighted by molar-refractivity contribution is 7.89. The van der Waals surface area contributed by atoms with E-state index < -0.39 is 22.0 Å². The molecule has 0 aromatic heterocycles. The van der Waals surface area contributed by atoms with Crippen molar-refractivity contribution in [2.45, 2.75) is 44.7 Å². The van der Waals surface area contributed by atoms with E-state index >= 15 is 0 Å². The van der Waals surface area contributed by atoms with E-state index in [-0.39, 0.29) is 30.7 Å². The van der Waals surface area contributed by atoms with Gasteiger partial charge in [-0.3, -0.25) is 4.79 Å². The summed E-state index contributed by atoms with van der Waals surface area (Å²) in [4.78, 5) is 11.6. The fourth-order valence-corrected chi connectivity index (χ4v) is 3.97. The number of carbonyl (C=O) groups excluding carboxylic acids is 1. The number of nitrogens with two attached hydrogens (primary N) is 1. The Morgan fingerprint density at radius 1 is 1.42 bits per heavy atom. The van der Waals surface area contributed by atoms with Gasteiger partial charge in [0.05, 0.1) is 12.9 Å². The molecule has 114 valence electrons. The molecule has 0 aromatic rings. The largest absolute Gasteiger partial charge is 0.468 e. The third-order valence-electron chi connectivity index (χ3n) is 3.16. The van der Waals surface area contributed by atoms with Gasteiger partial charge in [0, 0.05) is 12.6 Å². The molecule has 2 N–H and O–H groups in total. The SMILES string of the molecule is CCCCS(=O)(=O)N1C[C@@H](N)CC[C@H]1C(=O)OC.Cl. The third kappa shape index (κ3) is 4.91. The average Bonchev–Trinajstić information content (AvgIpc) is 2.35. The zero-order chi connectivity index (χ0) is 13.8. The second kappa shape index (κ2) is 8.04. The van der Waals surface area contributed by atoms with Crippen LogP contribution in [0.5, 0.6) is 0 Å². The van der Waals surface area contributed by atoms with Crippen molar-refractivity contribution < 1.29 is 17.9 Å². The Labute approximate surface area is 121 Å². The molecule has 6 nitrogen and oxygen atoms in total. The summed E-state index contributed by atoms with van der Waals surface area (Å²) in [5.41, 5.74) is 5.80. The first-order valence-corrected chi connectivity index (χ1v) is 7.86. The highest BCUT2D eigenvalue weighted by atomic mass is 35.5. The van der Waals surface area contributed by atoms with E-state index in [0.717, 1.165) is 6.42 Å². The van der Waals surface area contributed by atoms with E-state index in [1.165, 1.54) is 11.4 Å². The number of piperidine rings is 1. The zero-order valence-corrected chi connectivity index (χ0v) is 13.0. The maximum absolute atomic E-state index is 12.2. The minimum atomic E-state index is -3.43. The molecule has 1 heterocycles. The van der Waals surface area contributed by atoms with Gasteiger partial charge in [0.2, 0.25) is 10.0 Å². The molecule has 0 saturated carbocycles. The Bertz CT molecular complexity index is 388. The van der Waals surface area contributed by atoms with Gasteiger partial charge in [-0.15, -0.1) is 12.4 Å². The van der Waals surface area contributed by atoms with E-state index in [4.69, 9.17) is 5.73 Å². The van der Waals surface area contributed by atoms with Crippen molar-refractivity contribution in [2.75, 3.05) is 19.4 Å². The summed E-state index contributed by atoms with van der Waals surface area (Å²) < 4.78 is 30.3. The Hall–Kier alpha value is -0.370. The van der Waals surface area contributed by atoms with Gasteiger partial charge in [-0.05, 0) is 19.3 Å². The summed E-state index contributed by atoms with van der Waals surface area (Å²) in [6.45, 7) is 2.13. The maximum atomic E-state index is 12.2. The van der Waals surface area contributed by atoms with Gasteiger partial charge in [0.25, 0.3) is 0 Å². The molecule has 1 fully saturated rings. The number of unbranched alkanes of at least 4 members (excludes halogenated alkanes) is 1. The number of sulfonamides is 1. The quantitative estimate of drug-likeness (QED) is 0.746. The van der Waals surface area contributed by atoms with Crippen LogP contribution in [0.15, 0.2) is 0 Å². The van der Waals surface area contributed by atoms with Crippen molar-refractivity contribution >= 4 is 28.4 Å². The van der Waals surface area contributed by atoms with Crippen LogP contribution in [0.3, 0.4) is 0 Å². The minimum absolute atomic E-state index is 0. The summed E-state index contributed by atoms with van der Waals surface area (Å²) in [7, 11) is -2.16. The van der Waals surface area contributed by atoms with Crippen LogP contribution in [0.2, 0.25) is 0 Å². The van der Waals surface area contributed by atoms with E-state index in [9.17, 15) is 13.2 Å². The highest BCUT2D eigenvalue weighted by Crippen LogP contribution is 2.22. The zero-order valence-electron chi connectivity index (χ0n) is 11.4. The number of hydrogen-bond acceptors (Lipinski definition) is 5. The van der Waals surface area contributed by atoms with Crippen LogP contribution in [0.1, 0.15) is 32.6 Å². The minimum Gasteiger partial charge on any atom is -0.468 e. The topological polar surface area (TPSA) is 89.7 Å². The molecule has 0 amide bonds.